The average Bonchev–Trinajstić information content (AvgIpc) is 3.02. The van der Waals surface area contributed by atoms with E-state index in [0.29, 0.717) is 0 Å². The highest BCUT2D eigenvalue weighted by atomic mass is 16.5. The number of aryl methyl sites for hydroxylation is 1. The fourth-order valence-corrected chi connectivity index (χ4v) is 4.92. The molecule has 1 N–H and O–H groups in total. The van der Waals surface area contributed by atoms with E-state index in [0.717, 1.165) is 39.6 Å². The van der Waals surface area contributed by atoms with E-state index < -0.39 is 57.5 Å². The zero-order chi connectivity index (χ0) is 31.0. The van der Waals surface area contributed by atoms with Crippen LogP contribution in [-0.4, -0.2) is 57.9 Å². The van der Waals surface area contributed by atoms with Gasteiger partial charge in [0.15, 0.2) is 5.42 Å². The molecule has 1 atom stereocenters. The van der Waals surface area contributed by atoms with Crippen molar-refractivity contribution in [3.05, 3.63) is 55.3 Å². The van der Waals surface area contributed by atoms with Gasteiger partial charge in [0.2, 0.25) is 5.43 Å². The van der Waals surface area contributed by atoms with Gasteiger partial charge in [-0.25, -0.2) is 14.4 Å². The Balaban J connectivity index is 2.92. The molecule has 0 radical (unpaired) electrons. The lowest BCUT2D eigenvalue weighted by atomic mass is 9.88. The topological polar surface area (TPSA) is 147 Å². The molecular formula is C30H35NO10. The number of benzene rings is 1. The molecule has 0 bridgehead atoms. The third kappa shape index (κ3) is 5.61. The van der Waals surface area contributed by atoms with Crippen LogP contribution in [0.25, 0.3) is 22.2 Å². The first-order valence-corrected chi connectivity index (χ1v) is 12.8. The second-order valence-corrected chi connectivity index (χ2v) is 10.9. The number of hydrogen-bond acceptors (Lipinski definition) is 11. The molecule has 1 aliphatic carbocycles. The third-order valence-electron chi connectivity index (χ3n) is 6.63. The van der Waals surface area contributed by atoms with Crippen molar-refractivity contribution >= 4 is 46.1 Å². The van der Waals surface area contributed by atoms with Gasteiger partial charge in [0.1, 0.15) is 17.1 Å². The zero-order valence-corrected chi connectivity index (χ0v) is 24.9. The van der Waals surface area contributed by atoms with Gasteiger partial charge in [-0.05, 0) is 56.9 Å². The monoisotopic (exact) mass is 569 g/mol. The number of carbonyl (C=O) groups is 4. The minimum absolute atomic E-state index is 0.0623. The fraction of sp³-hybridized carbons (Fsp3) is 0.433. The Hall–Kier alpha value is -4.41. The summed E-state index contributed by atoms with van der Waals surface area (Å²) >= 11 is 0. The molecule has 0 aliphatic heterocycles. The van der Waals surface area contributed by atoms with Gasteiger partial charge in [0, 0.05) is 11.2 Å². The summed E-state index contributed by atoms with van der Waals surface area (Å²) in [5.41, 5.74) is -1.93. The molecule has 2 aromatic rings. The third-order valence-corrected chi connectivity index (χ3v) is 6.63. The molecule has 0 amide bonds. The molecular weight excluding hydrogens is 534 g/mol. The van der Waals surface area contributed by atoms with Crippen LogP contribution in [0.4, 0.5) is 0 Å². The van der Waals surface area contributed by atoms with Crippen LogP contribution in [0.15, 0.2) is 32.5 Å². The molecule has 41 heavy (non-hydrogen) atoms. The summed E-state index contributed by atoms with van der Waals surface area (Å²) < 4.78 is 26.2. The highest BCUT2D eigenvalue weighted by molar-refractivity contribution is 6.28. The summed E-state index contributed by atoms with van der Waals surface area (Å²) in [5, 5.41) is 3.05. The Morgan fingerprint density at radius 2 is 1.44 bits per heavy atom. The van der Waals surface area contributed by atoms with Crippen LogP contribution in [-0.2, 0) is 38.1 Å². The van der Waals surface area contributed by atoms with Gasteiger partial charge in [-0.3, -0.25) is 9.59 Å². The first-order valence-electron chi connectivity index (χ1n) is 12.8. The number of ether oxygens (including phenoxy) is 4. The maximum atomic E-state index is 14.4. The molecule has 11 heteroatoms. The smallest absolute Gasteiger partial charge is 0.342 e. The van der Waals surface area contributed by atoms with E-state index in [-0.39, 0.29) is 33.2 Å². The van der Waals surface area contributed by atoms with Crippen molar-refractivity contribution in [2.75, 3.05) is 28.4 Å². The molecule has 1 aromatic heterocycles. The maximum Gasteiger partial charge on any atom is 0.342 e. The minimum atomic E-state index is -1.72. The first-order chi connectivity index (χ1) is 19.1. The summed E-state index contributed by atoms with van der Waals surface area (Å²) in [7, 11) is 4.21. The molecule has 0 fully saturated rings. The van der Waals surface area contributed by atoms with Gasteiger partial charge in [0.05, 0.1) is 50.2 Å². The van der Waals surface area contributed by atoms with E-state index in [1.54, 1.807) is 32.9 Å². The molecule has 0 saturated carbocycles. The number of fused-ring (bicyclic) bond motifs is 2. The molecule has 0 saturated heterocycles. The second kappa shape index (κ2) is 11.6. The van der Waals surface area contributed by atoms with E-state index >= 15 is 0 Å². The lowest BCUT2D eigenvalue weighted by Gasteiger charge is -2.29. The van der Waals surface area contributed by atoms with E-state index in [1.165, 1.54) is 0 Å². The van der Waals surface area contributed by atoms with Crippen molar-refractivity contribution in [2.45, 2.75) is 53.0 Å². The summed E-state index contributed by atoms with van der Waals surface area (Å²) in [5.74, 6) is -6.10. The van der Waals surface area contributed by atoms with Crippen molar-refractivity contribution in [1.82, 2.24) is 5.32 Å². The Kier molecular flexibility index (Phi) is 8.80. The molecule has 1 unspecified atom stereocenters. The second-order valence-electron chi connectivity index (χ2n) is 10.9. The standard InChI is InChI=1S/C30H35NO10/c1-13(2)15-12-16-17(11-14(15)3)41-25-21(29(36)40-10)19(27(34)38-8)18(26(33)37-7)20(28(35)39-9)23(22(25)24(16)32)31-30(4,5)6/h11-13,20,31H,1-10H3. The van der Waals surface area contributed by atoms with E-state index in [1.807, 2.05) is 20.8 Å². The summed E-state index contributed by atoms with van der Waals surface area (Å²) in [6, 6.07) is 3.35. The van der Waals surface area contributed by atoms with Gasteiger partial charge in [-0.15, -0.1) is 0 Å². The van der Waals surface area contributed by atoms with Crippen LogP contribution in [0.3, 0.4) is 0 Å². The molecule has 1 aliphatic rings. The average molecular weight is 570 g/mol. The SMILES string of the molecule is COC(=O)C1=C(C(=O)OC)C(C(=O)OC)C(NC(C)(C)C)=c2c(oc3cc(C)c(C(C)C)cc3c2=O)=C1C(=O)OC. The number of esters is 4. The van der Waals surface area contributed by atoms with Crippen LogP contribution < -0.4 is 21.4 Å². The lowest BCUT2D eigenvalue weighted by molar-refractivity contribution is -0.146. The Morgan fingerprint density at radius 1 is 0.878 bits per heavy atom. The number of nitrogens with one attached hydrogen (secondary N) is 1. The van der Waals surface area contributed by atoms with Crippen LogP contribution in [0.5, 0.6) is 0 Å². The fourth-order valence-electron chi connectivity index (χ4n) is 4.92. The van der Waals surface area contributed by atoms with Crippen molar-refractivity contribution in [2.24, 2.45) is 5.92 Å². The van der Waals surface area contributed by atoms with Crippen LogP contribution in [0, 0.1) is 12.8 Å². The summed E-state index contributed by atoms with van der Waals surface area (Å²) in [6.45, 7) is 11.1. The predicted molar refractivity (Wildman–Crippen MR) is 149 cm³/mol. The highest BCUT2D eigenvalue weighted by Gasteiger charge is 2.44. The van der Waals surface area contributed by atoms with Crippen molar-refractivity contribution < 1.29 is 42.5 Å². The van der Waals surface area contributed by atoms with Gasteiger partial charge in [-0.2, -0.15) is 0 Å². The number of carbonyl (C=O) groups excluding carboxylic acids is 4. The van der Waals surface area contributed by atoms with Gasteiger partial charge in [-0.1, -0.05) is 13.8 Å². The van der Waals surface area contributed by atoms with E-state index in [9.17, 15) is 24.0 Å². The zero-order valence-electron chi connectivity index (χ0n) is 24.9. The van der Waals surface area contributed by atoms with Gasteiger partial charge < -0.3 is 28.7 Å². The molecule has 0 spiro atoms. The highest BCUT2D eigenvalue weighted by Crippen LogP contribution is 2.33. The van der Waals surface area contributed by atoms with Crippen LogP contribution in [0.2, 0.25) is 0 Å². The Bertz CT molecular complexity index is 1670. The summed E-state index contributed by atoms with van der Waals surface area (Å²) in [6.07, 6.45) is 0. The lowest BCUT2D eigenvalue weighted by Crippen LogP contribution is -2.50. The predicted octanol–water partition coefficient (Wildman–Crippen LogP) is 1.49. The molecule has 1 aromatic carbocycles. The van der Waals surface area contributed by atoms with E-state index in [4.69, 9.17) is 23.4 Å². The van der Waals surface area contributed by atoms with Gasteiger partial charge >= 0.3 is 23.9 Å². The number of hydrogen-bond donors (Lipinski definition) is 1. The van der Waals surface area contributed by atoms with Crippen LogP contribution >= 0.6 is 0 Å². The molecule has 3 rings (SSSR count). The Labute approximate surface area is 236 Å². The largest absolute Gasteiger partial charge is 0.468 e. The quantitative estimate of drug-likeness (QED) is 0.399. The molecule has 220 valence electrons. The Morgan fingerprint density at radius 3 is 1.93 bits per heavy atom. The van der Waals surface area contributed by atoms with Gasteiger partial charge in [0.25, 0.3) is 0 Å². The van der Waals surface area contributed by atoms with Crippen molar-refractivity contribution in [3.8, 4) is 0 Å². The molecule has 1 heterocycles. The van der Waals surface area contributed by atoms with Crippen LogP contribution in [0.1, 0.15) is 51.7 Å². The van der Waals surface area contributed by atoms with E-state index in [2.05, 4.69) is 5.32 Å². The number of methoxy groups -OCH3 is 4. The molecule has 11 nitrogen and oxygen atoms in total. The number of rotatable bonds is 6. The normalized spacial score (nSPS) is 15.3. The maximum absolute atomic E-state index is 14.4. The first kappa shape index (κ1) is 31.1. The minimum Gasteiger partial charge on any atom is -0.468 e. The van der Waals surface area contributed by atoms with Crippen molar-refractivity contribution in [1.29, 1.82) is 0 Å². The summed E-state index contributed by atoms with van der Waals surface area (Å²) in [4.78, 5) is 68.0. The van der Waals surface area contributed by atoms with Crippen molar-refractivity contribution in [3.63, 3.8) is 0 Å².